The van der Waals surface area contributed by atoms with E-state index in [1.54, 1.807) is 17.0 Å². The first-order valence-electron chi connectivity index (χ1n) is 10.3. The molecule has 2 aromatic rings. The topological polar surface area (TPSA) is 51.9 Å². The van der Waals surface area contributed by atoms with Gasteiger partial charge in [-0.25, -0.2) is 0 Å². The molecule has 29 heavy (non-hydrogen) atoms. The van der Waals surface area contributed by atoms with Crippen LogP contribution >= 0.6 is 0 Å². The van der Waals surface area contributed by atoms with Gasteiger partial charge in [0.1, 0.15) is 18.5 Å². The Morgan fingerprint density at radius 1 is 1.14 bits per heavy atom. The molecule has 0 spiro atoms. The van der Waals surface area contributed by atoms with Gasteiger partial charge in [0.2, 0.25) is 0 Å². The zero-order valence-electron chi connectivity index (χ0n) is 18.5. The summed E-state index contributed by atoms with van der Waals surface area (Å²) >= 11 is 0. The minimum atomic E-state index is -0.169. The number of furan rings is 1. The lowest BCUT2D eigenvalue weighted by Gasteiger charge is -2.33. The number of hydrogen-bond donors (Lipinski definition) is 0. The summed E-state index contributed by atoms with van der Waals surface area (Å²) in [5, 5.41) is 0. The van der Waals surface area contributed by atoms with Gasteiger partial charge < -0.3 is 18.8 Å². The summed E-state index contributed by atoms with van der Waals surface area (Å²) in [7, 11) is 0. The Kier molecular flexibility index (Phi) is 6.08. The van der Waals surface area contributed by atoms with Crippen LogP contribution in [0.15, 0.2) is 41.0 Å². The Morgan fingerprint density at radius 2 is 1.90 bits per heavy atom. The molecular formula is C24H33NO4. The zero-order valence-corrected chi connectivity index (χ0v) is 18.5. The molecule has 1 amide bonds. The fourth-order valence-corrected chi connectivity index (χ4v) is 3.45. The molecule has 1 aromatic heterocycles. The third-order valence-electron chi connectivity index (χ3n) is 5.24. The number of morpholine rings is 1. The number of amides is 1. The highest BCUT2D eigenvalue weighted by Crippen LogP contribution is 2.35. The molecule has 0 saturated carbocycles. The summed E-state index contributed by atoms with van der Waals surface area (Å²) < 4.78 is 17.3. The summed E-state index contributed by atoms with van der Waals surface area (Å²) in [5.41, 5.74) is 2.52. The van der Waals surface area contributed by atoms with Gasteiger partial charge in [0.05, 0.1) is 19.4 Å². The van der Waals surface area contributed by atoms with Crippen molar-refractivity contribution in [1.29, 1.82) is 0 Å². The summed E-state index contributed by atoms with van der Waals surface area (Å²) in [6.45, 7) is 15.2. The standard InChI is InChI=1S/C24H33NO4/c1-23(2,3)17-9-10-20(19(14-17)24(4,5)6)29-16-18-15-25(11-13-27-18)22(26)21-8-7-12-28-21/h7-10,12,14,18H,11,13,15-16H2,1-6H3. The minimum absolute atomic E-state index is 0.0364. The van der Waals surface area contributed by atoms with Gasteiger partial charge >= 0.3 is 0 Å². The van der Waals surface area contributed by atoms with Gasteiger partial charge in [-0.2, -0.15) is 0 Å². The third kappa shape index (κ3) is 5.21. The maximum Gasteiger partial charge on any atom is 0.289 e. The molecular weight excluding hydrogens is 366 g/mol. The van der Waals surface area contributed by atoms with Crippen LogP contribution in [-0.2, 0) is 15.6 Å². The van der Waals surface area contributed by atoms with Crippen molar-refractivity contribution in [3.63, 3.8) is 0 Å². The van der Waals surface area contributed by atoms with E-state index in [1.165, 1.54) is 17.4 Å². The molecule has 5 heteroatoms. The smallest absolute Gasteiger partial charge is 0.289 e. The van der Waals surface area contributed by atoms with Crippen molar-refractivity contribution >= 4 is 5.91 Å². The van der Waals surface area contributed by atoms with Crippen molar-refractivity contribution in [1.82, 2.24) is 4.90 Å². The predicted molar refractivity (Wildman–Crippen MR) is 114 cm³/mol. The number of rotatable bonds is 4. The molecule has 0 bridgehead atoms. The number of ether oxygens (including phenoxy) is 2. The Labute approximate surface area is 174 Å². The monoisotopic (exact) mass is 399 g/mol. The zero-order chi connectivity index (χ0) is 21.2. The molecule has 5 nitrogen and oxygen atoms in total. The molecule has 0 N–H and O–H groups in total. The molecule has 1 aliphatic heterocycles. The maximum absolute atomic E-state index is 12.5. The van der Waals surface area contributed by atoms with Crippen molar-refractivity contribution in [3.8, 4) is 5.75 Å². The Balaban J connectivity index is 1.70. The molecule has 1 saturated heterocycles. The first-order chi connectivity index (χ1) is 13.6. The Hall–Kier alpha value is -2.27. The molecule has 158 valence electrons. The second-order valence-corrected chi connectivity index (χ2v) is 9.74. The van der Waals surface area contributed by atoms with Crippen molar-refractivity contribution < 1.29 is 18.7 Å². The van der Waals surface area contributed by atoms with Crippen LogP contribution < -0.4 is 4.74 Å². The third-order valence-corrected chi connectivity index (χ3v) is 5.24. The number of hydrogen-bond acceptors (Lipinski definition) is 4. The molecule has 2 heterocycles. The lowest BCUT2D eigenvalue weighted by Crippen LogP contribution is -2.47. The van der Waals surface area contributed by atoms with Crippen molar-refractivity contribution in [2.75, 3.05) is 26.3 Å². The maximum atomic E-state index is 12.5. The largest absolute Gasteiger partial charge is 0.491 e. The molecule has 1 atom stereocenters. The molecule has 0 aliphatic carbocycles. The highest BCUT2D eigenvalue weighted by molar-refractivity contribution is 5.91. The van der Waals surface area contributed by atoms with E-state index < -0.39 is 0 Å². The summed E-state index contributed by atoms with van der Waals surface area (Å²) in [6, 6.07) is 9.87. The number of carbonyl (C=O) groups is 1. The van der Waals surface area contributed by atoms with E-state index in [9.17, 15) is 4.79 Å². The molecule has 1 aromatic carbocycles. The van der Waals surface area contributed by atoms with Gasteiger partial charge in [-0.15, -0.1) is 0 Å². The quantitative estimate of drug-likeness (QED) is 0.741. The van der Waals surface area contributed by atoms with Crippen LogP contribution in [0.25, 0.3) is 0 Å². The van der Waals surface area contributed by atoms with Gasteiger partial charge in [-0.1, -0.05) is 53.7 Å². The fraction of sp³-hybridized carbons (Fsp3) is 0.542. The predicted octanol–water partition coefficient (Wildman–Crippen LogP) is 4.79. The van der Waals surface area contributed by atoms with Crippen molar-refractivity contribution in [3.05, 3.63) is 53.5 Å². The van der Waals surface area contributed by atoms with E-state index in [-0.39, 0.29) is 22.8 Å². The van der Waals surface area contributed by atoms with Gasteiger partial charge in [0, 0.05) is 6.54 Å². The van der Waals surface area contributed by atoms with Crippen LogP contribution in [-0.4, -0.2) is 43.2 Å². The molecule has 1 aliphatic rings. The van der Waals surface area contributed by atoms with Gasteiger partial charge in [0.15, 0.2) is 5.76 Å². The van der Waals surface area contributed by atoms with Crippen molar-refractivity contribution in [2.24, 2.45) is 0 Å². The highest BCUT2D eigenvalue weighted by atomic mass is 16.5. The van der Waals surface area contributed by atoms with Crippen LogP contribution in [0.5, 0.6) is 5.75 Å². The van der Waals surface area contributed by atoms with E-state index in [0.29, 0.717) is 32.1 Å². The van der Waals surface area contributed by atoms with Crippen LogP contribution in [0.3, 0.4) is 0 Å². The first kappa shape index (κ1) is 21.4. The van der Waals surface area contributed by atoms with E-state index in [4.69, 9.17) is 13.9 Å². The van der Waals surface area contributed by atoms with Gasteiger partial charge in [-0.3, -0.25) is 4.79 Å². The van der Waals surface area contributed by atoms with Gasteiger partial charge in [-0.05, 0) is 40.2 Å². The molecule has 0 radical (unpaired) electrons. The van der Waals surface area contributed by atoms with E-state index >= 15 is 0 Å². The Bertz CT molecular complexity index is 828. The van der Waals surface area contributed by atoms with Crippen LogP contribution in [0.1, 0.15) is 63.2 Å². The summed E-state index contributed by atoms with van der Waals surface area (Å²) in [6.07, 6.45) is 1.35. The average Bonchev–Trinajstić information content (AvgIpc) is 3.19. The van der Waals surface area contributed by atoms with Crippen LogP contribution in [0.4, 0.5) is 0 Å². The van der Waals surface area contributed by atoms with Gasteiger partial charge in [0.25, 0.3) is 5.91 Å². The van der Waals surface area contributed by atoms with E-state index in [2.05, 4.69) is 59.7 Å². The minimum Gasteiger partial charge on any atom is -0.491 e. The number of benzene rings is 1. The molecule has 3 rings (SSSR count). The van der Waals surface area contributed by atoms with E-state index in [1.807, 2.05) is 0 Å². The number of nitrogens with zero attached hydrogens (tertiary/aromatic N) is 1. The number of carbonyl (C=O) groups excluding carboxylic acids is 1. The van der Waals surface area contributed by atoms with Crippen molar-refractivity contribution in [2.45, 2.75) is 58.5 Å². The van der Waals surface area contributed by atoms with Crippen LogP contribution in [0.2, 0.25) is 0 Å². The average molecular weight is 400 g/mol. The van der Waals surface area contributed by atoms with E-state index in [0.717, 1.165) is 5.75 Å². The van der Waals surface area contributed by atoms with Crippen LogP contribution in [0, 0.1) is 0 Å². The second-order valence-electron chi connectivity index (χ2n) is 9.74. The Morgan fingerprint density at radius 3 is 2.52 bits per heavy atom. The molecule has 1 unspecified atom stereocenters. The lowest BCUT2D eigenvalue weighted by molar-refractivity contribution is -0.0410. The summed E-state index contributed by atoms with van der Waals surface area (Å²) in [5.74, 6) is 1.14. The SMILES string of the molecule is CC(C)(C)c1ccc(OCC2CN(C(=O)c3ccco3)CCO2)c(C(C)(C)C)c1. The highest BCUT2D eigenvalue weighted by Gasteiger charge is 2.28. The fourth-order valence-electron chi connectivity index (χ4n) is 3.45. The lowest BCUT2D eigenvalue weighted by atomic mass is 9.80. The first-order valence-corrected chi connectivity index (χ1v) is 10.3. The molecule has 1 fully saturated rings. The normalized spacial score (nSPS) is 18.0. The second kappa shape index (κ2) is 8.23. The summed E-state index contributed by atoms with van der Waals surface area (Å²) in [4.78, 5) is 14.3.